The number of primary amides is 1. The van der Waals surface area contributed by atoms with Crippen LogP contribution >= 0.6 is 0 Å². The number of aliphatic hydroxyl groups is 1. The van der Waals surface area contributed by atoms with E-state index in [1.807, 2.05) is 6.07 Å². The Morgan fingerprint density at radius 3 is 2.49 bits per heavy atom. The minimum atomic E-state index is -1.22. The Bertz CT molecular complexity index is 928. The molecular weight excluding hydrogens is 476 g/mol. The molecule has 1 aromatic carbocycles. The van der Waals surface area contributed by atoms with Crippen molar-refractivity contribution in [2.45, 2.75) is 77.5 Å². The van der Waals surface area contributed by atoms with Crippen LogP contribution in [0.25, 0.3) is 6.08 Å². The van der Waals surface area contributed by atoms with Crippen molar-refractivity contribution in [3.63, 3.8) is 0 Å². The van der Waals surface area contributed by atoms with Crippen molar-refractivity contribution in [1.82, 2.24) is 15.5 Å². The SMILES string of the molecule is C=Cc1cccc(C(C(=O)NCCCCC)N(CCO)C(=O)C(CCC(N)=O)NC(=O)OC(C)(C)C)c1. The first-order valence-corrected chi connectivity index (χ1v) is 12.6. The number of amides is 4. The molecule has 1 aromatic rings. The van der Waals surface area contributed by atoms with Crippen LogP contribution in [0.2, 0.25) is 0 Å². The van der Waals surface area contributed by atoms with E-state index in [0.717, 1.165) is 24.8 Å². The van der Waals surface area contributed by atoms with Gasteiger partial charge >= 0.3 is 6.09 Å². The molecule has 206 valence electrons. The Kier molecular flexibility index (Phi) is 13.4. The van der Waals surface area contributed by atoms with Crippen LogP contribution in [0.4, 0.5) is 4.79 Å². The average Bonchev–Trinajstić information content (AvgIpc) is 2.82. The number of benzene rings is 1. The fraction of sp³-hybridized carbons (Fsp3) is 0.556. The maximum absolute atomic E-state index is 13.8. The lowest BCUT2D eigenvalue weighted by Gasteiger charge is -2.34. The molecule has 0 aliphatic rings. The summed E-state index contributed by atoms with van der Waals surface area (Å²) in [4.78, 5) is 52.4. The molecule has 10 heteroatoms. The topological polar surface area (TPSA) is 151 Å². The van der Waals surface area contributed by atoms with Crippen LogP contribution in [-0.4, -0.2) is 65.2 Å². The molecule has 5 N–H and O–H groups in total. The lowest BCUT2D eigenvalue weighted by Crippen LogP contribution is -2.54. The molecule has 0 saturated carbocycles. The molecule has 0 spiro atoms. The molecule has 4 amide bonds. The number of carbonyl (C=O) groups excluding carboxylic acids is 4. The van der Waals surface area contributed by atoms with Gasteiger partial charge in [0.1, 0.15) is 17.7 Å². The number of nitrogens with zero attached hydrogens (tertiary/aromatic N) is 1. The van der Waals surface area contributed by atoms with Crippen LogP contribution in [-0.2, 0) is 19.1 Å². The van der Waals surface area contributed by atoms with Crippen LogP contribution in [0.1, 0.15) is 77.0 Å². The average molecular weight is 519 g/mol. The third kappa shape index (κ3) is 11.5. The summed E-state index contributed by atoms with van der Waals surface area (Å²) in [6.07, 6.45) is 3.17. The first kappa shape index (κ1) is 31.6. The Hall–Kier alpha value is -3.40. The monoisotopic (exact) mass is 518 g/mol. The molecule has 0 heterocycles. The molecule has 0 radical (unpaired) electrons. The largest absolute Gasteiger partial charge is 0.444 e. The number of nitrogens with one attached hydrogen (secondary N) is 2. The van der Waals surface area contributed by atoms with Gasteiger partial charge in [-0.1, -0.05) is 50.6 Å². The Labute approximate surface area is 219 Å². The number of hydrogen-bond donors (Lipinski definition) is 4. The van der Waals surface area contributed by atoms with Gasteiger partial charge in [-0.15, -0.1) is 0 Å². The van der Waals surface area contributed by atoms with E-state index in [1.54, 1.807) is 45.0 Å². The first-order chi connectivity index (χ1) is 17.4. The summed E-state index contributed by atoms with van der Waals surface area (Å²) in [5, 5.41) is 15.2. The van der Waals surface area contributed by atoms with Crippen LogP contribution in [0.15, 0.2) is 30.8 Å². The summed E-state index contributed by atoms with van der Waals surface area (Å²) in [6.45, 7) is 10.7. The minimum Gasteiger partial charge on any atom is -0.444 e. The second-order valence-electron chi connectivity index (χ2n) is 9.73. The second kappa shape index (κ2) is 15.7. The van der Waals surface area contributed by atoms with Gasteiger partial charge in [-0.2, -0.15) is 0 Å². The van der Waals surface area contributed by atoms with Gasteiger partial charge in [0.05, 0.1) is 6.61 Å². The Balaban J connectivity index is 3.42. The normalized spacial score (nSPS) is 12.7. The van der Waals surface area contributed by atoms with E-state index < -0.39 is 48.1 Å². The number of nitrogens with two attached hydrogens (primary N) is 1. The Morgan fingerprint density at radius 2 is 1.92 bits per heavy atom. The summed E-state index contributed by atoms with van der Waals surface area (Å²) in [5.74, 6) is -1.73. The summed E-state index contributed by atoms with van der Waals surface area (Å²) in [7, 11) is 0. The number of aliphatic hydroxyl groups excluding tert-OH is 1. The lowest BCUT2D eigenvalue weighted by molar-refractivity contribution is -0.143. The highest BCUT2D eigenvalue weighted by Gasteiger charge is 2.36. The maximum Gasteiger partial charge on any atom is 0.408 e. The molecule has 10 nitrogen and oxygen atoms in total. The summed E-state index contributed by atoms with van der Waals surface area (Å²) in [5.41, 5.74) is 5.73. The summed E-state index contributed by atoms with van der Waals surface area (Å²) < 4.78 is 5.29. The number of carbonyl (C=O) groups is 4. The zero-order chi connectivity index (χ0) is 28.0. The predicted octanol–water partition coefficient (Wildman–Crippen LogP) is 2.66. The molecule has 37 heavy (non-hydrogen) atoms. The van der Waals surface area contributed by atoms with Crippen LogP contribution in [0.3, 0.4) is 0 Å². The van der Waals surface area contributed by atoms with Gasteiger partial charge < -0.3 is 31.1 Å². The van der Waals surface area contributed by atoms with E-state index in [1.165, 1.54) is 4.90 Å². The highest BCUT2D eigenvalue weighted by Crippen LogP contribution is 2.24. The van der Waals surface area contributed by atoms with Crippen molar-refractivity contribution >= 4 is 29.9 Å². The summed E-state index contributed by atoms with van der Waals surface area (Å²) in [6, 6.07) is 4.69. The molecule has 0 saturated heterocycles. The van der Waals surface area contributed by atoms with Crippen molar-refractivity contribution in [3.8, 4) is 0 Å². The molecule has 0 aliphatic carbocycles. The molecule has 2 atom stereocenters. The zero-order valence-corrected chi connectivity index (χ0v) is 22.4. The number of rotatable bonds is 15. The Morgan fingerprint density at radius 1 is 1.22 bits per heavy atom. The van der Waals surface area contributed by atoms with Crippen molar-refractivity contribution in [1.29, 1.82) is 0 Å². The van der Waals surface area contributed by atoms with E-state index in [4.69, 9.17) is 10.5 Å². The number of ether oxygens (including phenoxy) is 1. The van der Waals surface area contributed by atoms with E-state index in [0.29, 0.717) is 12.1 Å². The maximum atomic E-state index is 13.8. The zero-order valence-electron chi connectivity index (χ0n) is 22.4. The van der Waals surface area contributed by atoms with Gasteiger partial charge in [0.2, 0.25) is 17.7 Å². The van der Waals surface area contributed by atoms with Gasteiger partial charge in [-0.25, -0.2) is 4.79 Å². The van der Waals surface area contributed by atoms with Gasteiger partial charge in [-0.3, -0.25) is 14.4 Å². The van der Waals surface area contributed by atoms with E-state index in [9.17, 15) is 24.3 Å². The molecule has 0 fully saturated rings. The molecule has 0 aliphatic heterocycles. The fourth-order valence-electron chi connectivity index (χ4n) is 3.68. The minimum absolute atomic E-state index is 0.104. The van der Waals surface area contributed by atoms with Gasteiger partial charge in [-0.05, 0) is 50.8 Å². The highest BCUT2D eigenvalue weighted by atomic mass is 16.6. The molecule has 1 rings (SSSR count). The second-order valence-corrected chi connectivity index (χ2v) is 9.73. The van der Waals surface area contributed by atoms with Crippen LogP contribution < -0.4 is 16.4 Å². The third-order valence-corrected chi connectivity index (χ3v) is 5.39. The van der Waals surface area contributed by atoms with Crippen molar-refractivity contribution < 1.29 is 29.0 Å². The van der Waals surface area contributed by atoms with Gasteiger partial charge in [0.25, 0.3) is 0 Å². The highest BCUT2D eigenvalue weighted by molar-refractivity contribution is 5.92. The van der Waals surface area contributed by atoms with E-state index in [-0.39, 0.29) is 19.4 Å². The molecule has 0 bridgehead atoms. The smallest absolute Gasteiger partial charge is 0.408 e. The van der Waals surface area contributed by atoms with Crippen molar-refractivity contribution in [2.24, 2.45) is 5.73 Å². The number of hydrogen-bond acceptors (Lipinski definition) is 6. The summed E-state index contributed by atoms with van der Waals surface area (Å²) >= 11 is 0. The number of alkyl carbamates (subject to hydrolysis) is 1. The number of unbranched alkanes of at least 4 members (excludes halogenated alkanes) is 2. The third-order valence-electron chi connectivity index (χ3n) is 5.39. The van der Waals surface area contributed by atoms with E-state index >= 15 is 0 Å². The van der Waals surface area contributed by atoms with E-state index in [2.05, 4.69) is 24.1 Å². The molecular formula is C27H42N4O6. The first-order valence-electron chi connectivity index (χ1n) is 12.6. The quantitative estimate of drug-likeness (QED) is 0.262. The molecule has 0 aromatic heterocycles. The van der Waals surface area contributed by atoms with Gasteiger partial charge in [0.15, 0.2) is 0 Å². The predicted molar refractivity (Wildman–Crippen MR) is 142 cm³/mol. The van der Waals surface area contributed by atoms with Crippen LogP contribution in [0.5, 0.6) is 0 Å². The van der Waals surface area contributed by atoms with Crippen molar-refractivity contribution in [3.05, 3.63) is 42.0 Å². The lowest BCUT2D eigenvalue weighted by atomic mass is 9.99. The van der Waals surface area contributed by atoms with Crippen molar-refractivity contribution in [2.75, 3.05) is 19.7 Å². The fourth-order valence-corrected chi connectivity index (χ4v) is 3.68. The van der Waals surface area contributed by atoms with Crippen LogP contribution in [0, 0.1) is 0 Å². The standard InChI is InChI=1S/C27H42N4O6/c1-6-8-9-15-29-24(34)23(20-12-10-11-19(7-2)18-20)31(16-17-32)25(35)21(13-14-22(28)33)30-26(36)37-27(3,4)5/h7,10-12,18,21,23,32H,2,6,8-9,13-17H2,1,3-5H3,(H2,28,33)(H,29,34)(H,30,36). The van der Waals surface area contributed by atoms with Gasteiger partial charge in [0, 0.05) is 19.5 Å². The molecule has 2 unspecified atom stereocenters.